The Kier molecular flexibility index (Phi) is 12.9. The number of hydrogen-bond acceptors (Lipinski definition) is 22. The molecule has 2 aromatic carbocycles. The summed E-state index contributed by atoms with van der Waals surface area (Å²) in [6.45, 7) is 0. The van der Waals surface area contributed by atoms with E-state index in [1.165, 1.54) is 97.7 Å². The van der Waals surface area contributed by atoms with E-state index >= 15 is 4.79 Å². The van der Waals surface area contributed by atoms with Crippen LogP contribution in [0.15, 0.2) is 141 Å². The van der Waals surface area contributed by atoms with Gasteiger partial charge in [0.2, 0.25) is 29.1 Å². The summed E-state index contributed by atoms with van der Waals surface area (Å²) >= 11 is 0. The Morgan fingerprint density at radius 2 is 0.925 bits per heavy atom. The Bertz CT molecular complexity index is 2990. The SMILES string of the molecule is O=C(OOc1c(OC(=O)c2cccnc2)c(OOC(=O)c2cccnc2)c2c(c1OC(=O)c1cccnc1)OC(c1ccc(O)c(O)c1)C(OOC(=O)c1cccnc1)C2=O)c1cccnc1. The number of nitrogens with zero attached hydrogens (tertiary/aromatic N) is 5. The maximum absolute atomic E-state index is 15.2. The number of Topliss-reactive ketones (excluding diaryl/α,β-unsaturated/α-hetero) is 1. The zero-order valence-corrected chi connectivity index (χ0v) is 33.7. The maximum Gasteiger partial charge on any atom is 0.387 e. The highest BCUT2D eigenvalue weighted by molar-refractivity contribution is 6.09. The molecule has 2 N–H and O–H groups in total. The topological polar surface area (TPSA) is 290 Å². The van der Waals surface area contributed by atoms with Crippen LogP contribution in [0.3, 0.4) is 0 Å². The number of aromatic nitrogens is 5. The van der Waals surface area contributed by atoms with Gasteiger partial charge < -0.3 is 24.4 Å². The molecule has 5 aromatic heterocycles. The molecule has 0 saturated carbocycles. The van der Waals surface area contributed by atoms with E-state index in [1.54, 1.807) is 0 Å². The first-order valence-corrected chi connectivity index (χ1v) is 19.1. The van der Waals surface area contributed by atoms with Gasteiger partial charge in [0, 0.05) is 62.0 Å². The predicted octanol–water partition coefficient (Wildman–Crippen LogP) is 5.29. The summed E-state index contributed by atoms with van der Waals surface area (Å²) in [5, 5.41) is 20.8. The molecule has 0 bridgehead atoms. The minimum atomic E-state index is -2.15. The number of carbonyl (C=O) groups excluding carboxylic acids is 6. The quantitative estimate of drug-likeness (QED) is 0.0461. The highest BCUT2D eigenvalue weighted by Gasteiger charge is 2.49. The molecule has 1 aliphatic rings. The van der Waals surface area contributed by atoms with Crippen molar-refractivity contribution in [1.82, 2.24) is 24.9 Å². The molecule has 0 spiro atoms. The van der Waals surface area contributed by atoms with Crippen molar-refractivity contribution in [2.45, 2.75) is 12.2 Å². The number of phenols is 2. The lowest BCUT2D eigenvalue weighted by Gasteiger charge is -2.33. The largest absolute Gasteiger partial charge is 0.504 e. The van der Waals surface area contributed by atoms with Gasteiger partial charge in [0.05, 0.1) is 27.8 Å². The number of ketones is 1. The van der Waals surface area contributed by atoms with E-state index in [1.807, 2.05) is 0 Å². The van der Waals surface area contributed by atoms with Crippen molar-refractivity contribution >= 4 is 35.6 Å². The van der Waals surface area contributed by atoms with E-state index < -0.39 is 93.6 Å². The number of aromatic hydroxyl groups is 2. The molecule has 22 nitrogen and oxygen atoms in total. The molecule has 2 atom stereocenters. The van der Waals surface area contributed by atoms with Crippen LogP contribution in [0.5, 0.6) is 40.2 Å². The van der Waals surface area contributed by atoms with Gasteiger partial charge in [-0.05, 0) is 78.4 Å². The molecular formula is C45H27N5O17. The summed E-state index contributed by atoms with van der Waals surface area (Å²) < 4.78 is 18.0. The molecule has 334 valence electrons. The van der Waals surface area contributed by atoms with E-state index in [4.69, 9.17) is 43.5 Å². The monoisotopic (exact) mass is 909 g/mol. The maximum atomic E-state index is 15.2. The zero-order chi connectivity index (χ0) is 46.9. The molecule has 0 fully saturated rings. The minimum Gasteiger partial charge on any atom is -0.504 e. The van der Waals surface area contributed by atoms with Crippen molar-refractivity contribution in [2.24, 2.45) is 0 Å². The number of benzene rings is 2. The Morgan fingerprint density at radius 3 is 1.37 bits per heavy atom. The molecule has 1 aliphatic heterocycles. The number of phenolic OH excluding ortho intramolecular Hbond substituents is 2. The van der Waals surface area contributed by atoms with Gasteiger partial charge in [0.15, 0.2) is 23.4 Å². The first-order valence-electron chi connectivity index (χ1n) is 19.1. The molecule has 7 aromatic rings. The lowest BCUT2D eigenvalue weighted by Crippen LogP contribution is -2.40. The van der Waals surface area contributed by atoms with Crippen molar-refractivity contribution in [1.29, 1.82) is 0 Å². The van der Waals surface area contributed by atoms with Gasteiger partial charge in [-0.15, -0.1) is 0 Å². The summed E-state index contributed by atoms with van der Waals surface area (Å²) in [5.74, 6) is -13.7. The summed E-state index contributed by atoms with van der Waals surface area (Å²) in [6.07, 6.45) is 8.32. The number of fused-ring (bicyclic) bond motifs is 1. The van der Waals surface area contributed by atoms with Crippen LogP contribution in [-0.2, 0) is 19.6 Å². The second kappa shape index (κ2) is 19.7. The number of ether oxygens (including phenoxy) is 3. The molecule has 0 amide bonds. The Hall–Kier alpha value is -9.83. The molecule has 6 heterocycles. The Balaban J connectivity index is 1.37. The van der Waals surface area contributed by atoms with Gasteiger partial charge in [-0.2, -0.15) is 4.89 Å². The van der Waals surface area contributed by atoms with Crippen LogP contribution in [-0.4, -0.2) is 76.9 Å². The number of hydrogen-bond donors (Lipinski definition) is 2. The van der Waals surface area contributed by atoms with Crippen molar-refractivity contribution in [3.8, 4) is 40.2 Å². The van der Waals surface area contributed by atoms with Crippen molar-refractivity contribution in [2.75, 3.05) is 0 Å². The molecule has 0 radical (unpaired) electrons. The van der Waals surface area contributed by atoms with Gasteiger partial charge in [-0.25, -0.2) is 33.7 Å². The Morgan fingerprint density at radius 1 is 0.493 bits per heavy atom. The number of pyridine rings is 5. The third-order valence-electron chi connectivity index (χ3n) is 9.14. The number of carbonyl (C=O) groups is 6. The average Bonchev–Trinajstić information content (AvgIpc) is 3.37. The second-order valence-corrected chi connectivity index (χ2v) is 13.5. The summed E-state index contributed by atoms with van der Waals surface area (Å²) in [4.78, 5) is 135. The predicted molar refractivity (Wildman–Crippen MR) is 217 cm³/mol. The van der Waals surface area contributed by atoms with E-state index in [0.717, 1.165) is 43.1 Å². The molecule has 2 unspecified atom stereocenters. The van der Waals surface area contributed by atoms with Crippen LogP contribution < -0.4 is 24.0 Å². The third kappa shape index (κ3) is 9.73. The molecule has 8 rings (SSSR count). The van der Waals surface area contributed by atoms with Crippen LogP contribution in [0.4, 0.5) is 0 Å². The van der Waals surface area contributed by atoms with E-state index in [2.05, 4.69) is 24.9 Å². The van der Waals surface area contributed by atoms with Gasteiger partial charge in [-0.3, -0.25) is 44.4 Å². The van der Waals surface area contributed by atoms with Crippen LogP contribution in [0.25, 0.3) is 0 Å². The van der Waals surface area contributed by atoms with E-state index in [-0.39, 0.29) is 33.4 Å². The molecule has 67 heavy (non-hydrogen) atoms. The average molecular weight is 910 g/mol. The normalized spacial score (nSPS) is 13.7. The van der Waals surface area contributed by atoms with Gasteiger partial charge in [-0.1, -0.05) is 6.07 Å². The van der Waals surface area contributed by atoms with Crippen molar-refractivity contribution < 1.29 is 82.5 Å². The molecular weight excluding hydrogens is 883 g/mol. The van der Waals surface area contributed by atoms with Crippen LogP contribution in [0.1, 0.15) is 73.8 Å². The summed E-state index contributed by atoms with van der Waals surface area (Å²) in [7, 11) is 0. The highest BCUT2D eigenvalue weighted by atomic mass is 17.2. The number of esters is 2. The fraction of sp³-hybridized carbons (Fsp3) is 0.0444. The third-order valence-corrected chi connectivity index (χ3v) is 9.14. The first kappa shape index (κ1) is 43.8. The Labute approximate surface area is 374 Å². The minimum absolute atomic E-state index is 0.130. The van der Waals surface area contributed by atoms with Crippen LogP contribution in [0.2, 0.25) is 0 Å². The van der Waals surface area contributed by atoms with E-state index in [0.29, 0.717) is 0 Å². The van der Waals surface area contributed by atoms with Gasteiger partial charge in [0.1, 0.15) is 5.56 Å². The summed E-state index contributed by atoms with van der Waals surface area (Å²) in [6, 6.07) is 16.6. The summed E-state index contributed by atoms with van der Waals surface area (Å²) in [5.41, 5.74) is -1.99. The van der Waals surface area contributed by atoms with Crippen molar-refractivity contribution in [3.05, 3.63) is 180 Å². The van der Waals surface area contributed by atoms with Gasteiger partial charge in [0.25, 0.3) is 5.75 Å². The van der Waals surface area contributed by atoms with Crippen LogP contribution >= 0.6 is 0 Å². The second-order valence-electron chi connectivity index (χ2n) is 13.5. The fourth-order valence-electron chi connectivity index (χ4n) is 5.96. The molecule has 0 aliphatic carbocycles. The lowest BCUT2D eigenvalue weighted by molar-refractivity contribution is -0.277. The number of rotatable bonds is 14. The fourth-order valence-corrected chi connectivity index (χ4v) is 5.96. The first-order chi connectivity index (χ1) is 32.6. The lowest BCUT2D eigenvalue weighted by atomic mass is 9.91. The van der Waals surface area contributed by atoms with E-state index in [9.17, 15) is 34.2 Å². The standard InChI is InChI=1S/C45H27N5O17/c51-30-12-11-24(18-31(30)52)34-37(63-66-44(57)28-9-4-16-49-22-28)33(53)32-35(59-34)38(60-41(54)25-6-1-13-46-19-25)40(64-67-45(58)29-10-5-17-50-23-29)39(61-42(55)26-7-2-14-47-20-26)36(32)62-65-43(56)27-8-3-15-48-21-27/h1-23,34,37,51-52H. The van der Waals surface area contributed by atoms with Gasteiger partial charge >= 0.3 is 29.8 Å². The van der Waals surface area contributed by atoms with Crippen LogP contribution in [0, 0.1) is 0 Å². The highest BCUT2D eigenvalue weighted by Crippen LogP contribution is 2.58. The smallest absolute Gasteiger partial charge is 0.387 e. The molecule has 0 saturated heterocycles. The zero-order valence-electron chi connectivity index (χ0n) is 33.7. The molecule has 22 heteroatoms. The van der Waals surface area contributed by atoms with Crippen molar-refractivity contribution in [3.63, 3.8) is 0 Å².